The minimum atomic E-state index is -0.00670. The van der Waals surface area contributed by atoms with Crippen LogP contribution < -0.4 is 0 Å². The summed E-state index contributed by atoms with van der Waals surface area (Å²) in [6.07, 6.45) is 6.07. The van der Waals surface area contributed by atoms with Crippen molar-refractivity contribution in [1.29, 1.82) is 5.26 Å². The molecule has 1 heterocycles. The topological polar surface area (TPSA) is 71.6 Å². The largest absolute Gasteiger partial charge is 0.292 e. The molecule has 0 amide bonds. The number of hydrogen-bond acceptors (Lipinski definition) is 4. The Bertz CT molecular complexity index is 696. The average Bonchev–Trinajstić information content (AvgIpc) is 2.94. The number of hydrogen-bond donors (Lipinski definition) is 0. The minimum Gasteiger partial charge on any atom is -0.292 e. The van der Waals surface area contributed by atoms with Crippen molar-refractivity contribution in [2.75, 3.05) is 0 Å². The van der Waals surface area contributed by atoms with Gasteiger partial charge in [0.1, 0.15) is 12.6 Å². The van der Waals surface area contributed by atoms with Gasteiger partial charge in [0.25, 0.3) is 0 Å². The number of aryl methyl sites for hydroxylation is 2. The summed E-state index contributed by atoms with van der Waals surface area (Å²) in [4.78, 5) is 12.2. The summed E-state index contributed by atoms with van der Waals surface area (Å²) in [5.41, 5.74) is 3.58. The lowest BCUT2D eigenvalue weighted by Gasteiger charge is -2.16. The monoisotopic (exact) mass is 266 g/mol. The molecule has 1 aromatic heterocycles. The number of rotatable bonds is 3. The molecule has 1 aliphatic carbocycles. The Morgan fingerprint density at radius 2 is 2.10 bits per heavy atom. The number of fused-ring (bicyclic) bond motifs is 1. The van der Waals surface area contributed by atoms with Gasteiger partial charge in [0.2, 0.25) is 0 Å². The summed E-state index contributed by atoms with van der Waals surface area (Å²) < 4.78 is 1.40. The maximum Gasteiger partial charge on any atom is 0.184 e. The normalized spacial score (nSPS) is 13.6. The molecule has 0 fully saturated rings. The maximum absolute atomic E-state index is 12.2. The lowest BCUT2D eigenvalue weighted by molar-refractivity contribution is 0.0967. The summed E-state index contributed by atoms with van der Waals surface area (Å²) in [6, 6.07) is 7.84. The standard InChI is InChI=1S/C15H14N4O/c16-8-14-9-19(18-17-14)10-15(20)13-6-5-11-3-1-2-4-12(11)7-13/h5-7,9H,1-4,10H2. The van der Waals surface area contributed by atoms with Crippen LogP contribution in [0, 0.1) is 11.3 Å². The summed E-state index contributed by atoms with van der Waals surface area (Å²) in [5.74, 6) is -0.00670. The maximum atomic E-state index is 12.2. The smallest absolute Gasteiger partial charge is 0.184 e. The van der Waals surface area contributed by atoms with Crippen LogP contribution in [0.25, 0.3) is 0 Å². The number of nitrogens with zero attached hydrogens (tertiary/aromatic N) is 4. The highest BCUT2D eigenvalue weighted by molar-refractivity contribution is 5.96. The van der Waals surface area contributed by atoms with Crippen molar-refractivity contribution >= 4 is 5.78 Å². The van der Waals surface area contributed by atoms with Crippen molar-refractivity contribution in [2.24, 2.45) is 0 Å². The minimum absolute atomic E-state index is 0.00670. The van der Waals surface area contributed by atoms with Crippen molar-refractivity contribution in [2.45, 2.75) is 32.2 Å². The Hall–Kier alpha value is -2.48. The van der Waals surface area contributed by atoms with Gasteiger partial charge < -0.3 is 0 Å². The molecule has 5 nitrogen and oxygen atoms in total. The molecule has 5 heteroatoms. The van der Waals surface area contributed by atoms with Gasteiger partial charge in [-0.25, -0.2) is 4.68 Å². The van der Waals surface area contributed by atoms with Crippen LogP contribution in [0.1, 0.15) is 40.0 Å². The van der Waals surface area contributed by atoms with Crippen LogP contribution >= 0.6 is 0 Å². The van der Waals surface area contributed by atoms with E-state index in [-0.39, 0.29) is 18.0 Å². The first-order valence-electron chi connectivity index (χ1n) is 6.71. The van der Waals surface area contributed by atoms with E-state index in [0.29, 0.717) is 5.56 Å². The molecule has 1 aliphatic rings. The van der Waals surface area contributed by atoms with Crippen LogP contribution in [-0.4, -0.2) is 20.8 Å². The second-order valence-corrected chi connectivity index (χ2v) is 5.03. The third-order valence-electron chi connectivity index (χ3n) is 3.63. The first-order chi connectivity index (χ1) is 9.76. The molecular formula is C15H14N4O. The van der Waals surface area contributed by atoms with Gasteiger partial charge >= 0.3 is 0 Å². The molecule has 0 saturated heterocycles. The Morgan fingerprint density at radius 3 is 2.85 bits per heavy atom. The molecule has 2 aromatic rings. The Labute approximate surface area is 116 Å². The number of ketones is 1. The van der Waals surface area contributed by atoms with E-state index in [1.807, 2.05) is 18.2 Å². The van der Waals surface area contributed by atoms with E-state index in [0.717, 1.165) is 12.8 Å². The second-order valence-electron chi connectivity index (χ2n) is 5.03. The van der Waals surface area contributed by atoms with Gasteiger partial charge in [-0.05, 0) is 42.9 Å². The van der Waals surface area contributed by atoms with Crippen LogP contribution in [0.3, 0.4) is 0 Å². The van der Waals surface area contributed by atoms with E-state index in [1.165, 1.54) is 34.8 Å². The summed E-state index contributed by atoms with van der Waals surface area (Å²) in [6.45, 7) is 0.119. The highest BCUT2D eigenvalue weighted by Crippen LogP contribution is 2.22. The van der Waals surface area contributed by atoms with E-state index in [2.05, 4.69) is 16.4 Å². The Kier molecular flexibility index (Phi) is 3.30. The van der Waals surface area contributed by atoms with Crippen molar-refractivity contribution in [1.82, 2.24) is 15.0 Å². The first-order valence-corrected chi connectivity index (χ1v) is 6.71. The molecule has 0 unspecified atom stereocenters. The van der Waals surface area contributed by atoms with Gasteiger partial charge in [0, 0.05) is 5.56 Å². The molecule has 100 valence electrons. The number of benzene rings is 1. The summed E-state index contributed by atoms with van der Waals surface area (Å²) in [5, 5.41) is 16.1. The zero-order valence-electron chi connectivity index (χ0n) is 11.0. The first kappa shape index (κ1) is 12.5. The van der Waals surface area contributed by atoms with Crippen molar-refractivity contribution in [3.63, 3.8) is 0 Å². The molecular weight excluding hydrogens is 252 g/mol. The van der Waals surface area contributed by atoms with Gasteiger partial charge in [-0.2, -0.15) is 5.26 Å². The quantitative estimate of drug-likeness (QED) is 0.795. The predicted octanol–water partition coefficient (Wildman–Crippen LogP) is 1.91. The highest BCUT2D eigenvalue weighted by atomic mass is 16.1. The lowest BCUT2D eigenvalue weighted by Crippen LogP contribution is -2.12. The van der Waals surface area contributed by atoms with Crippen LogP contribution in [0.5, 0.6) is 0 Å². The van der Waals surface area contributed by atoms with Crippen LogP contribution in [0.15, 0.2) is 24.4 Å². The van der Waals surface area contributed by atoms with Crippen molar-refractivity contribution in [3.05, 3.63) is 46.8 Å². The molecule has 1 aromatic carbocycles. The molecule has 0 bridgehead atoms. The van der Waals surface area contributed by atoms with Crippen molar-refractivity contribution < 1.29 is 4.79 Å². The van der Waals surface area contributed by atoms with E-state index in [4.69, 9.17) is 5.26 Å². The van der Waals surface area contributed by atoms with Crippen LogP contribution in [0.2, 0.25) is 0 Å². The number of carbonyl (C=O) groups excluding carboxylic acids is 1. The van der Waals surface area contributed by atoms with Crippen LogP contribution in [-0.2, 0) is 19.4 Å². The third-order valence-corrected chi connectivity index (χ3v) is 3.63. The Morgan fingerprint density at radius 1 is 1.30 bits per heavy atom. The van der Waals surface area contributed by atoms with E-state index < -0.39 is 0 Å². The second kappa shape index (κ2) is 5.25. The van der Waals surface area contributed by atoms with E-state index in [1.54, 1.807) is 0 Å². The third kappa shape index (κ3) is 2.45. The zero-order chi connectivity index (χ0) is 13.9. The lowest BCUT2D eigenvalue weighted by atomic mass is 9.90. The van der Waals surface area contributed by atoms with Gasteiger partial charge in [0.15, 0.2) is 11.5 Å². The van der Waals surface area contributed by atoms with Gasteiger partial charge in [0.05, 0.1) is 6.20 Å². The van der Waals surface area contributed by atoms with Gasteiger partial charge in [-0.15, -0.1) is 5.10 Å². The van der Waals surface area contributed by atoms with Crippen LogP contribution in [0.4, 0.5) is 0 Å². The highest BCUT2D eigenvalue weighted by Gasteiger charge is 2.13. The average molecular weight is 266 g/mol. The molecule has 20 heavy (non-hydrogen) atoms. The SMILES string of the molecule is N#Cc1cn(CC(=O)c2ccc3c(c2)CCCC3)nn1. The fourth-order valence-corrected chi connectivity index (χ4v) is 2.57. The van der Waals surface area contributed by atoms with Gasteiger partial charge in [-0.1, -0.05) is 17.3 Å². The molecule has 0 radical (unpaired) electrons. The zero-order valence-corrected chi connectivity index (χ0v) is 11.0. The van der Waals surface area contributed by atoms with Crippen molar-refractivity contribution in [3.8, 4) is 6.07 Å². The molecule has 0 saturated carbocycles. The number of nitriles is 1. The summed E-state index contributed by atoms with van der Waals surface area (Å²) >= 11 is 0. The number of aromatic nitrogens is 3. The number of carbonyl (C=O) groups is 1. The molecule has 3 rings (SSSR count). The summed E-state index contributed by atoms with van der Waals surface area (Å²) in [7, 11) is 0. The fraction of sp³-hybridized carbons (Fsp3) is 0.333. The molecule has 0 spiro atoms. The molecule has 0 aliphatic heterocycles. The molecule has 0 N–H and O–H groups in total. The van der Waals surface area contributed by atoms with E-state index in [9.17, 15) is 4.79 Å². The molecule has 0 atom stereocenters. The van der Waals surface area contributed by atoms with Gasteiger partial charge in [-0.3, -0.25) is 4.79 Å². The number of Topliss-reactive ketones (excluding diaryl/α,β-unsaturated/α-hetero) is 1. The predicted molar refractivity (Wildman–Crippen MR) is 72.2 cm³/mol. The fourth-order valence-electron chi connectivity index (χ4n) is 2.57. The van der Waals surface area contributed by atoms with E-state index >= 15 is 0 Å². The Balaban J connectivity index is 1.78.